The molecule has 1 saturated heterocycles. The van der Waals surface area contributed by atoms with Crippen molar-refractivity contribution >= 4 is 23.8 Å². The molecule has 3 aliphatic rings. The Morgan fingerprint density at radius 2 is 1.90 bits per heavy atom. The molecule has 166 valence electrons. The van der Waals surface area contributed by atoms with Crippen LogP contribution in [0.5, 0.6) is 11.5 Å². The lowest BCUT2D eigenvalue weighted by Gasteiger charge is -2.33. The van der Waals surface area contributed by atoms with Crippen molar-refractivity contribution in [1.29, 1.82) is 0 Å². The predicted octanol–water partition coefficient (Wildman–Crippen LogP) is 1.08. The van der Waals surface area contributed by atoms with E-state index in [1.807, 2.05) is 0 Å². The second-order valence-electron chi connectivity index (χ2n) is 8.19. The third-order valence-electron chi connectivity index (χ3n) is 5.85. The minimum absolute atomic E-state index is 0.0612. The second kappa shape index (κ2) is 8.44. The van der Waals surface area contributed by atoms with Crippen LogP contribution in [0.3, 0.4) is 0 Å². The van der Waals surface area contributed by atoms with E-state index in [9.17, 15) is 19.2 Å². The van der Waals surface area contributed by atoms with E-state index in [4.69, 9.17) is 14.2 Å². The lowest BCUT2D eigenvalue weighted by atomic mass is 9.77. The highest BCUT2D eigenvalue weighted by atomic mass is 16.6. The molecule has 1 aromatic rings. The Hall–Kier alpha value is -3.30. The maximum atomic E-state index is 12.7. The fourth-order valence-electron chi connectivity index (χ4n) is 4.03. The predicted molar refractivity (Wildman–Crippen MR) is 106 cm³/mol. The molecule has 2 aliphatic heterocycles. The number of carbonyl (C=O) groups is 4. The first-order chi connectivity index (χ1) is 14.9. The van der Waals surface area contributed by atoms with Crippen LogP contribution in [-0.2, 0) is 25.5 Å². The number of imide groups is 1. The Kier molecular flexibility index (Phi) is 5.71. The Morgan fingerprint density at radius 3 is 2.65 bits per heavy atom. The van der Waals surface area contributed by atoms with Gasteiger partial charge in [0.1, 0.15) is 18.8 Å². The van der Waals surface area contributed by atoms with Gasteiger partial charge in [-0.05, 0) is 49.3 Å². The van der Waals surface area contributed by atoms with Crippen LogP contribution in [0.4, 0.5) is 4.79 Å². The van der Waals surface area contributed by atoms with Crippen molar-refractivity contribution in [3.63, 3.8) is 0 Å². The van der Waals surface area contributed by atoms with Crippen molar-refractivity contribution in [2.75, 3.05) is 19.8 Å². The summed E-state index contributed by atoms with van der Waals surface area (Å²) in [4.78, 5) is 49.2. The molecule has 0 radical (unpaired) electrons. The fourth-order valence-corrected chi connectivity index (χ4v) is 4.03. The van der Waals surface area contributed by atoms with Crippen LogP contribution in [0.25, 0.3) is 0 Å². The van der Waals surface area contributed by atoms with Gasteiger partial charge < -0.3 is 19.5 Å². The molecule has 2 fully saturated rings. The molecule has 2 heterocycles. The van der Waals surface area contributed by atoms with Gasteiger partial charge in [-0.25, -0.2) is 4.79 Å². The zero-order valence-corrected chi connectivity index (χ0v) is 17.3. The van der Waals surface area contributed by atoms with Gasteiger partial charge in [0.25, 0.3) is 11.8 Å². The maximum Gasteiger partial charge on any atom is 0.344 e. The molecule has 1 aromatic carbocycles. The second-order valence-corrected chi connectivity index (χ2v) is 8.19. The van der Waals surface area contributed by atoms with Gasteiger partial charge in [-0.1, -0.05) is 13.0 Å². The highest BCUT2D eigenvalue weighted by molar-refractivity contribution is 6.08. The van der Waals surface area contributed by atoms with Crippen LogP contribution in [0, 0.1) is 5.92 Å². The number of ether oxygens (including phenoxy) is 3. The summed E-state index contributed by atoms with van der Waals surface area (Å²) >= 11 is 0. The first kappa shape index (κ1) is 21.0. The van der Waals surface area contributed by atoms with E-state index in [0.29, 0.717) is 54.0 Å². The normalized spacial score (nSPS) is 24.7. The van der Waals surface area contributed by atoms with E-state index in [1.165, 1.54) is 0 Å². The number of nitrogens with one attached hydrogen (secondary N) is 2. The molecule has 10 nitrogen and oxygen atoms in total. The first-order valence-electron chi connectivity index (χ1n) is 10.4. The Morgan fingerprint density at radius 1 is 1.19 bits per heavy atom. The number of hydrogen-bond acceptors (Lipinski definition) is 7. The molecule has 2 N–H and O–H groups in total. The summed E-state index contributed by atoms with van der Waals surface area (Å²) in [5.41, 5.74) is 1.94. The van der Waals surface area contributed by atoms with Crippen LogP contribution in [0.1, 0.15) is 38.2 Å². The number of nitrogens with zero attached hydrogens (tertiary/aromatic N) is 1. The summed E-state index contributed by atoms with van der Waals surface area (Å²) in [7, 11) is 0. The number of fused-ring (bicyclic) bond motifs is 1. The molecule has 1 aliphatic carbocycles. The third-order valence-corrected chi connectivity index (χ3v) is 5.85. The minimum Gasteiger partial charge on any atom is -0.486 e. The van der Waals surface area contributed by atoms with E-state index in [0.717, 1.165) is 12.8 Å². The standard InChI is InChI=1S/C21H25N3O7/c1-13-4-6-21(7-5-13)19(27)24(20(28)22-21)23-17(25)12-31-18(26)11-14-2-3-15-16(10-14)30-9-8-29-15/h2-3,10,13H,4-9,11-12H2,1H3,(H,22,28)(H,23,25). The van der Waals surface area contributed by atoms with Gasteiger partial charge in [0.05, 0.1) is 6.42 Å². The quantitative estimate of drug-likeness (QED) is 0.528. The number of urea groups is 1. The van der Waals surface area contributed by atoms with Crippen LogP contribution in [0.2, 0.25) is 0 Å². The number of benzene rings is 1. The Balaban J connectivity index is 1.27. The van der Waals surface area contributed by atoms with Gasteiger partial charge in [-0.2, -0.15) is 5.01 Å². The number of hydrazine groups is 1. The van der Waals surface area contributed by atoms with Crippen molar-refractivity contribution in [2.24, 2.45) is 5.92 Å². The smallest absolute Gasteiger partial charge is 0.344 e. The zero-order valence-electron chi connectivity index (χ0n) is 17.3. The first-order valence-corrected chi connectivity index (χ1v) is 10.4. The average Bonchev–Trinajstić information content (AvgIpc) is 2.98. The van der Waals surface area contributed by atoms with Gasteiger partial charge in [0.2, 0.25) is 0 Å². The van der Waals surface area contributed by atoms with Crippen LogP contribution < -0.4 is 20.2 Å². The third kappa shape index (κ3) is 4.42. The summed E-state index contributed by atoms with van der Waals surface area (Å²) in [6.45, 7) is 2.41. The number of esters is 1. The van der Waals surface area contributed by atoms with E-state index in [2.05, 4.69) is 17.7 Å². The molecule has 4 amide bonds. The van der Waals surface area contributed by atoms with Crippen molar-refractivity contribution in [3.05, 3.63) is 23.8 Å². The lowest BCUT2D eigenvalue weighted by molar-refractivity contribution is -0.150. The van der Waals surface area contributed by atoms with Crippen molar-refractivity contribution in [3.8, 4) is 11.5 Å². The maximum absolute atomic E-state index is 12.7. The average molecular weight is 431 g/mol. The summed E-state index contributed by atoms with van der Waals surface area (Å²) < 4.78 is 15.9. The Bertz CT molecular complexity index is 908. The van der Waals surface area contributed by atoms with E-state index in [1.54, 1.807) is 18.2 Å². The van der Waals surface area contributed by atoms with Crippen molar-refractivity contribution in [1.82, 2.24) is 15.8 Å². The lowest BCUT2D eigenvalue weighted by Crippen LogP contribution is -2.52. The van der Waals surface area contributed by atoms with Crippen molar-refractivity contribution in [2.45, 2.75) is 44.6 Å². The summed E-state index contributed by atoms with van der Waals surface area (Å²) in [5.74, 6) is -0.199. The van der Waals surface area contributed by atoms with Gasteiger partial charge in [0, 0.05) is 0 Å². The van der Waals surface area contributed by atoms with Gasteiger partial charge >= 0.3 is 12.0 Å². The fraction of sp³-hybridized carbons (Fsp3) is 0.524. The SMILES string of the molecule is CC1CCC2(CC1)NC(=O)N(NC(=O)COC(=O)Cc1ccc3c(c1)OCCO3)C2=O. The minimum atomic E-state index is -0.953. The Labute approximate surface area is 179 Å². The highest BCUT2D eigenvalue weighted by Gasteiger charge is 2.52. The summed E-state index contributed by atoms with van der Waals surface area (Å²) in [6.07, 6.45) is 2.66. The molecule has 0 bridgehead atoms. The van der Waals surface area contributed by atoms with E-state index >= 15 is 0 Å². The van der Waals surface area contributed by atoms with E-state index < -0.39 is 36.0 Å². The molecule has 1 spiro atoms. The summed E-state index contributed by atoms with van der Waals surface area (Å²) in [5, 5.41) is 3.40. The van der Waals surface area contributed by atoms with Crippen LogP contribution >= 0.6 is 0 Å². The van der Waals surface area contributed by atoms with Crippen LogP contribution in [0.15, 0.2) is 18.2 Å². The molecule has 1 saturated carbocycles. The number of amides is 4. The number of carbonyl (C=O) groups excluding carboxylic acids is 4. The number of rotatable bonds is 5. The van der Waals surface area contributed by atoms with Gasteiger partial charge in [-0.15, -0.1) is 0 Å². The number of hydrogen-bond donors (Lipinski definition) is 2. The molecule has 0 aromatic heterocycles. The topological polar surface area (TPSA) is 123 Å². The molecule has 4 rings (SSSR count). The zero-order chi connectivity index (χ0) is 22.0. The van der Waals surface area contributed by atoms with E-state index in [-0.39, 0.29) is 6.42 Å². The van der Waals surface area contributed by atoms with Crippen molar-refractivity contribution < 1.29 is 33.4 Å². The molecule has 31 heavy (non-hydrogen) atoms. The van der Waals surface area contributed by atoms with Crippen LogP contribution in [-0.4, -0.2) is 54.2 Å². The summed E-state index contributed by atoms with van der Waals surface area (Å²) in [6, 6.07) is 4.44. The largest absolute Gasteiger partial charge is 0.486 e. The molecule has 0 atom stereocenters. The molecule has 10 heteroatoms. The molecular weight excluding hydrogens is 406 g/mol. The molecular formula is C21H25N3O7. The molecule has 0 unspecified atom stereocenters. The van der Waals surface area contributed by atoms with Gasteiger partial charge in [0.15, 0.2) is 18.1 Å². The van der Waals surface area contributed by atoms with Gasteiger partial charge in [-0.3, -0.25) is 19.8 Å². The highest BCUT2D eigenvalue weighted by Crippen LogP contribution is 2.35. The monoisotopic (exact) mass is 431 g/mol.